The van der Waals surface area contributed by atoms with E-state index < -0.39 is 13.3 Å². The fourth-order valence-corrected chi connectivity index (χ4v) is 1.76. The zero-order valence-electron chi connectivity index (χ0n) is 7.07. The molecule has 1 aromatic carbocycles. The topological polar surface area (TPSA) is 46.2 Å². The number of hydrogen-bond acceptors (Lipinski definition) is 2. The molecule has 3 nitrogen and oxygen atoms in total. The summed E-state index contributed by atoms with van der Waals surface area (Å²) in [5.41, 5.74) is 0.603. The molecule has 0 saturated carbocycles. The Kier molecular flexibility index (Phi) is 3.55. The van der Waals surface area contributed by atoms with Gasteiger partial charge in [-0.3, -0.25) is 4.72 Å². The molecule has 0 fully saturated rings. The predicted molar refractivity (Wildman–Crippen MR) is 62.5 cm³/mol. The first-order chi connectivity index (χ1) is 6.02. The van der Waals surface area contributed by atoms with E-state index in [0.29, 0.717) is 5.69 Å². The van der Waals surface area contributed by atoms with Crippen LogP contribution in [0.4, 0.5) is 5.69 Å². The highest BCUT2D eigenvalue weighted by Crippen LogP contribution is 2.14. The number of halogens is 1. The summed E-state index contributed by atoms with van der Waals surface area (Å²) in [7, 11) is -3.21. The summed E-state index contributed by atoms with van der Waals surface area (Å²) in [6.45, 7) is 1.63. The van der Waals surface area contributed by atoms with Gasteiger partial charge in [-0.1, -0.05) is 40.8 Å². The molecule has 13 heavy (non-hydrogen) atoms. The molecule has 1 rings (SSSR count). The molecule has 0 aliphatic carbocycles. The van der Waals surface area contributed by atoms with Gasteiger partial charge in [0.05, 0.1) is 0 Å². The van der Waals surface area contributed by atoms with E-state index in [-0.39, 0.29) is 0 Å². The Morgan fingerprint density at radius 3 is 2.31 bits per heavy atom. The molecule has 72 valence electrons. The van der Waals surface area contributed by atoms with E-state index in [0.717, 1.165) is 0 Å². The minimum absolute atomic E-state index is 0.440. The Balaban J connectivity index is 2.82. The highest BCUT2D eigenvalue weighted by molar-refractivity contribution is 14.1. The van der Waals surface area contributed by atoms with Crippen molar-refractivity contribution in [3.63, 3.8) is 0 Å². The molecule has 1 N–H and O–H groups in total. The summed E-state index contributed by atoms with van der Waals surface area (Å²) in [5.74, 6) is 0. The normalized spacial score (nSPS) is 13.7. The van der Waals surface area contributed by atoms with Crippen molar-refractivity contribution >= 4 is 38.3 Å². The lowest BCUT2D eigenvalue weighted by molar-refractivity contribution is 0.601. The second-order valence-electron chi connectivity index (χ2n) is 2.56. The Hall–Kier alpha value is -0.300. The maximum atomic E-state index is 11.4. The van der Waals surface area contributed by atoms with Gasteiger partial charge in [0, 0.05) is 5.69 Å². The van der Waals surface area contributed by atoms with Gasteiger partial charge in [0.2, 0.25) is 10.0 Å². The average molecular weight is 311 g/mol. The highest BCUT2D eigenvalue weighted by atomic mass is 127. The number of sulfonamides is 1. The van der Waals surface area contributed by atoms with Crippen LogP contribution >= 0.6 is 22.6 Å². The SMILES string of the molecule is CC(I)S(=O)(=O)Nc1ccccc1. The third-order valence-electron chi connectivity index (χ3n) is 1.46. The van der Waals surface area contributed by atoms with E-state index >= 15 is 0 Å². The molecule has 0 aliphatic heterocycles. The van der Waals surface area contributed by atoms with Gasteiger partial charge < -0.3 is 0 Å². The van der Waals surface area contributed by atoms with Crippen LogP contribution in [0, 0.1) is 0 Å². The van der Waals surface area contributed by atoms with E-state index in [1.807, 2.05) is 28.7 Å². The van der Waals surface area contributed by atoms with Gasteiger partial charge in [0.25, 0.3) is 0 Å². The maximum absolute atomic E-state index is 11.4. The van der Waals surface area contributed by atoms with Gasteiger partial charge in [-0.2, -0.15) is 0 Å². The quantitative estimate of drug-likeness (QED) is 0.687. The fourth-order valence-electron chi connectivity index (χ4n) is 0.752. The Labute approximate surface area is 91.7 Å². The van der Waals surface area contributed by atoms with Gasteiger partial charge in [-0.05, 0) is 19.1 Å². The first-order valence-corrected chi connectivity index (χ1v) is 6.52. The molecule has 0 amide bonds. The largest absolute Gasteiger partial charge is 0.283 e. The second kappa shape index (κ2) is 4.28. The molecule has 1 atom stereocenters. The molecule has 1 unspecified atom stereocenters. The Bertz CT molecular complexity index is 361. The van der Waals surface area contributed by atoms with Crippen molar-refractivity contribution in [2.24, 2.45) is 0 Å². The summed E-state index contributed by atoms with van der Waals surface area (Å²) in [6, 6.07) is 8.85. The van der Waals surface area contributed by atoms with E-state index in [1.165, 1.54) is 0 Å². The fraction of sp³-hybridized carbons (Fsp3) is 0.250. The van der Waals surface area contributed by atoms with E-state index in [1.54, 1.807) is 31.2 Å². The van der Waals surface area contributed by atoms with E-state index in [9.17, 15) is 8.42 Å². The van der Waals surface area contributed by atoms with Crippen LogP contribution in [0.1, 0.15) is 6.92 Å². The molecule has 0 aromatic heterocycles. The van der Waals surface area contributed by atoms with Crippen LogP contribution in [0.5, 0.6) is 0 Å². The van der Waals surface area contributed by atoms with Crippen molar-refractivity contribution in [2.75, 3.05) is 4.72 Å². The summed E-state index contributed by atoms with van der Waals surface area (Å²) in [4.78, 5) is 0. The summed E-state index contributed by atoms with van der Waals surface area (Å²) in [6.07, 6.45) is 0. The minimum Gasteiger partial charge on any atom is -0.283 e. The molecule has 0 radical (unpaired) electrons. The van der Waals surface area contributed by atoms with Crippen LogP contribution in [-0.4, -0.2) is 11.7 Å². The lowest BCUT2D eigenvalue weighted by Crippen LogP contribution is -2.20. The molecule has 0 aliphatic rings. The summed E-state index contributed by atoms with van der Waals surface area (Å²) in [5, 5.41) is 0. The zero-order valence-corrected chi connectivity index (χ0v) is 10.0. The van der Waals surface area contributed by atoms with Gasteiger partial charge in [-0.15, -0.1) is 0 Å². The van der Waals surface area contributed by atoms with E-state index in [4.69, 9.17) is 0 Å². The van der Waals surface area contributed by atoms with Crippen molar-refractivity contribution in [1.82, 2.24) is 0 Å². The standard InChI is InChI=1S/C8H10INO2S/c1-7(9)13(11,12)10-8-5-3-2-4-6-8/h2-7,10H,1H3. The zero-order chi connectivity index (χ0) is 9.90. The summed E-state index contributed by atoms with van der Waals surface area (Å²) < 4.78 is 24.8. The van der Waals surface area contributed by atoms with Crippen molar-refractivity contribution in [1.29, 1.82) is 0 Å². The van der Waals surface area contributed by atoms with Gasteiger partial charge in [0.1, 0.15) is 3.26 Å². The predicted octanol–water partition coefficient (Wildman–Crippen LogP) is 2.21. The van der Waals surface area contributed by atoms with E-state index in [2.05, 4.69) is 4.72 Å². The molecule has 0 spiro atoms. The van der Waals surface area contributed by atoms with Crippen LogP contribution in [0.3, 0.4) is 0 Å². The van der Waals surface area contributed by atoms with Crippen molar-refractivity contribution < 1.29 is 8.42 Å². The van der Waals surface area contributed by atoms with Crippen LogP contribution in [-0.2, 0) is 10.0 Å². The van der Waals surface area contributed by atoms with Gasteiger partial charge >= 0.3 is 0 Å². The number of para-hydroxylation sites is 1. The molecular formula is C8H10INO2S. The smallest absolute Gasteiger partial charge is 0.244 e. The average Bonchev–Trinajstić information content (AvgIpc) is 2.05. The number of nitrogens with one attached hydrogen (secondary N) is 1. The van der Waals surface area contributed by atoms with Crippen LogP contribution in [0.25, 0.3) is 0 Å². The summed E-state index contributed by atoms with van der Waals surface area (Å²) >= 11 is 1.86. The molecule has 0 bridgehead atoms. The molecular weight excluding hydrogens is 301 g/mol. The molecule has 0 heterocycles. The molecule has 5 heteroatoms. The van der Waals surface area contributed by atoms with Crippen molar-refractivity contribution in [3.8, 4) is 0 Å². The molecule has 0 saturated heterocycles. The number of hydrogen-bond donors (Lipinski definition) is 1. The lowest BCUT2D eigenvalue weighted by atomic mass is 10.3. The Morgan fingerprint density at radius 2 is 1.85 bits per heavy atom. The minimum atomic E-state index is -3.21. The number of anilines is 1. The first-order valence-electron chi connectivity index (χ1n) is 3.73. The van der Waals surface area contributed by atoms with Crippen LogP contribution < -0.4 is 4.72 Å². The number of alkyl halides is 1. The van der Waals surface area contributed by atoms with Crippen LogP contribution in [0.2, 0.25) is 0 Å². The monoisotopic (exact) mass is 311 g/mol. The van der Waals surface area contributed by atoms with Crippen molar-refractivity contribution in [3.05, 3.63) is 30.3 Å². The third kappa shape index (κ3) is 3.15. The molecule has 1 aromatic rings. The van der Waals surface area contributed by atoms with Gasteiger partial charge in [-0.25, -0.2) is 8.42 Å². The Morgan fingerprint density at radius 1 is 1.31 bits per heavy atom. The second-order valence-corrected chi connectivity index (χ2v) is 7.27. The number of benzene rings is 1. The number of rotatable bonds is 3. The first kappa shape index (κ1) is 10.8. The maximum Gasteiger partial charge on any atom is 0.244 e. The lowest BCUT2D eigenvalue weighted by Gasteiger charge is -2.08. The van der Waals surface area contributed by atoms with Gasteiger partial charge in [0.15, 0.2) is 0 Å². The third-order valence-corrected chi connectivity index (χ3v) is 4.85. The highest BCUT2D eigenvalue weighted by Gasteiger charge is 2.16. The van der Waals surface area contributed by atoms with Crippen LogP contribution in [0.15, 0.2) is 30.3 Å². The van der Waals surface area contributed by atoms with Crippen molar-refractivity contribution in [2.45, 2.75) is 10.2 Å².